The second-order valence-electron chi connectivity index (χ2n) is 7.78. The Morgan fingerprint density at radius 1 is 0.875 bits per heavy atom. The highest BCUT2D eigenvalue weighted by atomic mass is 19.4. The fourth-order valence-electron chi connectivity index (χ4n) is 2.69. The molecule has 0 unspecified atom stereocenters. The lowest BCUT2D eigenvalue weighted by molar-refractivity contribution is -0.274. The molecule has 0 saturated heterocycles. The van der Waals surface area contributed by atoms with Crippen molar-refractivity contribution in [2.75, 3.05) is 10.6 Å². The first-order valence-electron chi connectivity index (χ1n) is 9.24. The molecule has 0 aliphatic carbocycles. The third kappa shape index (κ3) is 6.25. The van der Waals surface area contributed by atoms with E-state index < -0.39 is 40.8 Å². The highest BCUT2D eigenvalue weighted by Crippen LogP contribution is 2.31. The molecule has 0 aliphatic heterocycles. The molecule has 1 aromatic heterocycles. The van der Waals surface area contributed by atoms with Crippen molar-refractivity contribution >= 4 is 17.5 Å². The van der Waals surface area contributed by atoms with E-state index in [0.717, 1.165) is 12.1 Å². The second-order valence-corrected chi connectivity index (χ2v) is 7.78. The summed E-state index contributed by atoms with van der Waals surface area (Å²) in [5, 5.41) is 5.43. The van der Waals surface area contributed by atoms with Gasteiger partial charge in [-0.3, -0.25) is 0 Å². The van der Waals surface area contributed by atoms with Gasteiger partial charge in [0.1, 0.15) is 23.1 Å². The van der Waals surface area contributed by atoms with Crippen molar-refractivity contribution in [2.24, 2.45) is 0 Å². The topological polar surface area (TPSA) is 59.1 Å². The van der Waals surface area contributed by atoms with Gasteiger partial charge >= 0.3 is 6.36 Å². The van der Waals surface area contributed by atoms with Gasteiger partial charge in [0, 0.05) is 29.3 Å². The number of anilines is 3. The first-order valence-corrected chi connectivity index (χ1v) is 9.24. The zero-order chi connectivity index (χ0) is 23.7. The van der Waals surface area contributed by atoms with Crippen LogP contribution in [0.2, 0.25) is 0 Å². The molecule has 0 fully saturated rings. The van der Waals surface area contributed by atoms with Gasteiger partial charge < -0.3 is 15.4 Å². The SMILES string of the molecule is CC(C)(C)Nc1nc(Nc2c(F)cc(F)cc2F)cc(-c2cccc(OC(F)(F)F)c2)n1. The molecule has 1 heterocycles. The molecule has 3 aromatic rings. The summed E-state index contributed by atoms with van der Waals surface area (Å²) in [7, 11) is 0. The average molecular weight is 456 g/mol. The third-order valence-corrected chi connectivity index (χ3v) is 3.84. The number of alkyl halides is 3. The van der Waals surface area contributed by atoms with Crippen molar-refractivity contribution < 1.29 is 31.1 Å². The summed E-state index contributed by atoms with van der Waals surface area (Å²) >= 11 is 0. The summed E-state index contributed by atoms with van der Waals surface area (Å²) in [5.41, 5.74) is -0.783. The molecular weight excluding hydrogens is 438 g/mol. The summed E-state index contributed by atoms with van der Waals surface area (Å²) in [4.78, 5) is 8.44. The van der Waals surface area contributed by atoms with Crippen LogP contribution in [0.25, 0.3) is 11.3 Å². The van der Waals surface area contributed by atoms with Gasteiger partial charge in [0.2, 0.25) is 5.95 Å². The zero-order valence-electron chi connectivity index (χ0n) is 17.1. The van der Waals surface area contributed by atoms with Gasteiger partial charge in [-0.1, -0.05) is 12.1 Å². The zero-order valence-corrected chi connectivity index (χ0v) is 17.1. The van der Waals surface area contributed by atoms with Crippen LogP contribution in [0.1, 0.15) is 20.8 Å². The van der Waals surface area contributed by atoms with Crippen LogP contribution in [0, 0.1) is 17.5 Å². The van der Waals surface area contributed by atoms with Crippen LogP contribution >= 0.6 is 0 Å². The smallest absolute Gasteiger partial charge is 0.406 e. The molecule has 2 aromatic carbocycles. The molecule has 32 heavy (non-hydrogen) atoms. The monoisotopic (exact) mass is 456 g/mol. The van der Waals surface area contributed by atoms with Crippen LogP contribution < -0.4 is 15.4 Å². The lowest BCUT2D eigenvalue weighted by Crippen LogP contribution is -2.27. The van der Waals surface area contributed by atoms with E-state index in [2.05, 4.69) is 25.3 Å². The van der Waals surface area contributed by atoms with Crippen molar-refractivity contribution in [3.8, 4) is 17.0 Å². The van der Waals surface area contributed by atoms with Gasteiger partial charge in [-0.25, -0.2) is 18.2 Å². The second kappa shape index (κ2) is 8.56. The Kier molecular flexibility index (Phi) is 6.20. The minimum Gasteiger partial charge on any atom is -0.406 e. The molecule has 0 spiro atoms. The van der Waals surface area contributed by atoms with Crippen LogP contribution in [0.4, 0.5) is 43.8 Å². The maximum atomic E-state index is 14.1. The van der Waals surface area contributed by atoms with Crippen LogP contribution in [-0.4, -0.2) is 21.9 Å². The van der Waals surface area contributed by atoms with Gasteiger partial charge in [-0.05, 0) is 32.9 Å². The van der Waals surface area contributed by atoms with Crippen molar-refractivity contribution in [3.63, 3.8) is 0 Å². The molecule has 11 heteroatoms. The molecule has 3 rings (SSSR count). The molecule has 0 amide bonds. The number of hydrogen-bond donors (Lipinski definition) is 2. The van der Waals surface area contributed by atoms with E-state index in [9.17, 15) is 26.3 Å². The maximum Gasteiger partial charge on any atom is 0.573 e. The fourth-order valence-corrected chi connectivity index (χ4v) is 2.69. The lowest BCUT2D eigenvalue weighted by Gasteiger charge is -2.21. The van der Waals surface area contributed by atoms with Crippen LogP contribution in [0.15, 0.2) is 42.5 Å². The van der Waals surface area contributed by atoms with E-state index in [4.69, 9.17) is 0 Å². The van der Waals surface area contributed by atoms with Gasteiger partial charge in [0.05, 0.1) is 5.69 Å². The molecule has 0 aliphatic rings. The highest BCUT2D eigenvalue weighted by Gasteiger charge is 2.31. The summed E-state index contributed by atoms with van der Waals surface area (Å²) in [6, 6.07) is 7.33. The number of halogens is 6. The van der Waals surface area contributed by atoms with Gasteiger partial charge in [-0.15, -0.1) is 13.2 Å². The van der Waals surface area contributed by atoms with E-state index in [1.807, 2.05) is 20.8 Å². The van der Waals surface area contributed by atoms with Crippen LogP contribution in [0.5, 0.6) is 5.75 Å². The van der Waals surface area contributed by atoms with Gasteiger partial charge in [0.25, 0.3) is 0 Å². The van der Waals surface area contributed by atoms with Gasteiger partial charge in [0.15, 0.2) is 11.6 Å². The number of nitrogens with zero attached hydrogens (tertiary/aromatic N) is 2. The number of ether oxygens (including phenoxy) is 1. The summed E-state index contributed by atoms with van der Waals surface area (Å²) in [6.07, 6.45) is -4.88. The van der Waals surface area contributed by atoms with Crippen molar-refractivity contribution in [1.82, 2.24) is 9.97 Å². The molecule has 0 saturated carbocycles. The molecule has 5 nitrogen and oxygen atoms in total. The van der Waals surface area contributed by atoms with E-state index in [1.165, 1.54) is 18.2 Å². The van der Waals surface area contributed by atoms with Crippen LogP contribution in [0.3, 0.4) is 0 Å². The van der Waals surface area contributed by atoms with Crippen molar-refractivity contribution in [3.05, 3.63) is 59.9 Å². The summed E-state index contributed by atoms with van der Waals surface area (Å²) in [6.45, 7) is 5.44. The van der Waals surface area contributed by atoms with E-state index in [0.29, 0.717) is 12.1 Å². The Hall–Kier alpha value is -3.50. The molecular formula is C21H18F6N4O. The number of benzene rings is 2. The van der Waals surface area contributed by atoms with Crippen molar-refractivity contribution in [2.45, 2.75) is 32.7 Å². The molecule has 0 radical (unpaired) electrons. The Bertz CT molecular complexity index is 1100. The van der Waals surface area contributed by atoms with Crippen molar-refractivity contribution in [1.29, 1.82) is 0 Å². The fraction of sp³-hybridized carbons (Fsp3) is 0.238. The summed E-state index contributed by atoms with van der Waals surface area (Å²) in [5.74, 6) is -3.97. The molecule has 2 N–H and O–H groups in total. The Balaban J connectivity index is 2.06. The van der Waals surface area contributed by atoms with E-state index in [-0.39, 0.29) is 23.0 Å². The number of aromatic nitrogens is 2. The average Bonchev–Trinajstić information content (AvgIpc) is 2.62. The highest BCUT2D eigenvalue weighted by molar-refractivity contribution is 5.69. The Labute approximate surface area is 179 Å². The maximum absolute atomic E-state index is 14.1. The largest absolute Gasteiger partial charge is 0.573 e. The molecule has 0 atom stereocenters. The molecule has 170 valence electrons. The minimum atomic E-state index is -4.88. The first kappa shape index (κ1) is 23.2. The normalized spacial score (nSPS) is 11.9. The Morgan fingerprint density at radius 2 is 1.53 bits per heavy atom. The van der Waals surface area contributed by atoms with Gasteiger partial charge in [-0.2, -0.15) is 4.98 Å². The number of rotatable bonds is 5. The Morgan fingerprint density at radius 3 is 2.12 bits per heavy atom. The van der Waals surface area contributed by atoms with Crippen LogP contribution in [-0.2, 0) is 0 Å². The van der Waals surface area contributed by atoms with E-state index in [1.54, 1.807) is 0 Å². The molecule has 0 bridgehead atoms. The third-order valence-electron chi connectivity index (χ3n) is 3.84. The summed E-state index contributed by atoms with van der Waals surface area (Å²) < 4.78 is 83.0. The standard InChI is InChI=1S/C21H18F6N4O/c1-20(2,3)31-19-28-16(11-5-4-6-13(7-11)32-21(25,26)27)10-17(30-19)29-18-14(23)8-12(22)9-15(18)24/h4-10H,1-3H3,(H2,28,29,30,31). The number of hydrogen-bond acceptors (Lipinski definition) is 5. The number of nitrogens with one attached hydrogen (secondary N) is 2. The predicted molar refractivity (Wildman–Crippen MR) is 107 cm³/mol. The lowest BCUT2D eigenvalue weighted by atomic mass is 10.1. The quantitative estimate of drug-likeness (QED) is 0.435. The van der Waals surface area contributed by atoms with E-state index >= 15 is 0 Å². The first-order chi connectivity index (χ1) is 14.8. The predicted octanol–water partition coefficient (Wildman–Crippen LogP) is 6.41. The minimum absolute atomic E-state index is 0.0440.